The Hall–Kier alpha value is -1.73. The lowest BCUT2D eigenvalue weighted by molar-refractivity contribution is -0.137. The van der Waals surface area contributed by atoms with Gasteiger partial charge < -0.3 is 0 Å². The van der Waals surface area contributed by atoms with Crippen molar-refractivity contribution in [1.82, 2.24) is 0 Å². The van der Waals surface area contributed by atoms with Gasteiger partial charge in [0.2, 0.25) is 0 Å². The van der Waals surface area contributed by atoms with Gasteiger partial charge in [0.15, 0.2) is 0 Å². The van der Waals surface area contributed by atoms with E-state index < -0.39 is 26.7 Å². The summed E-state index contributed by atoms with van der Waals surface area (Å²) in [7, 11) is -4.14. The molecular formula is C14H11ClF3NO2S. The van der Waals surface area contributed by atoms with Gasteiger partial charge in [-0.05, 0) is 42.8 Å². The molecule has 22 heavy (non-hydrogen) atoms. The third-order valence-corrected chi connectivity index (χ3v) is 4.76. The number of sulfonamides is 1. The van der Waals surface area contributed by atoms with E-state index in [4.69, 9.17) is 11.6 Å². The van der Waals surface area contributed by atoms with Gasteiger partial charge in [0.25, 0.3) is 10.0 Å². The molecular weight excluding hydrogens is 339 g/mol. The van der Waals surface area contributed by atoms with Crippen molar-refractivity contribution < 1.29 is 21.6 Å². The summed E-state index contributed by atoms with van der Waals surface area (Å²) in [6, 6.07) is 8.14. The highest BCUT2D eigenvalue weighted by atomic mass is 35.5. The van der Waals surface area contributed by atoms with E-state index in [9.17, 15) is 21.6 Å². The molecule has 0 aliphatic rings. The van der Waals surface area contributed by atoms with Crippen molar-refractivity contribution in [2.24, 2.45) is 0 Å². The van der Waals surface area contributed by atoms with E-state index in [0.29, 0.717) is 16.7 Å². The molecule has 3 nitrogen and oxygen atoms in total. The SMILES string of the molecule is Cc1c(Cl)cccc1NS(=O)(=O)c1cccc(C(F)(F)F)c1. The fraction of sp³-hybridized carbons (Fsp3) is 0.143. The maximum Gasteiger partial charge on any atom is 0.416 e. The number of nitrogens with one attached hydrogen (secondary N) is 1. The minimum absolute atomic E-state index is 0.213. The van der Waals surface area contributed by atoms with Crippen molar-refractivity contribution in [1.29, 1.82) is 0 Å². The Labute approximate surface area is 130 Å². The summed E-state index contributed by atoms with van der Waals surface area (Å²) in [4.78, 5) is -0.471. The molecule has 0 heterocycles. The van der Waals surface area contributed by atoms with Crippen LogP contribution >= 0.6 is 11.6 Å². The molecule has 0 aliphatic carbocycles. The smallest absolute Gasteiger partial charge is 0.279 e. The van der Waals surface area contributed by atoms with Gasteiger partial charge in [-0.2, -0.15) is 13.2 Å². The monoisotopic (exact) mass is 349 g/mol. The van der Waals surface area contributed by atoms with Gasteiger partial charge in [-0.3, -0.25) is 4.72 Å². The van der Waals surface area contributed by atoms with Crippen LogP contribution < -0.4 is 4.72 Å². The van der Waals surface area contributed by atoms with Crippen LogP contribution in [0.1, 0.15) is 11.1 Å². The van der Waals surface area contributed by atoms with E-state index in [1.54, 1.807) is 19.1 Å². The number of hydrogen-bond donors (Lipinski definition) is 1. The highest BCUT2D eigenvalue weighted by Gasteiger charge is 2.31. The van der Waals surface area contributed by atoms with E-state index in [1.807, 2.05) is 0 Å². The van der Waals surface area contributed by atoms with Crippen molar-refractivity contribution in [3.05, 3.63) is 58.6 Å². The van der Waals surface area contributed by atoms with Gasteiger partial charge >= 0.3 is 6.18 Å². The number of anilines is 1. The predicted molar refractivity (Wildman–Crippen MR) is 78.4 cm³/mol. The summed E-state index contributed by atoms with van der Waals surface area (Å²) in [6.07, 6.45) is -4.61. The first-order chi connectivity index (χ1) is 10.1. The van der Waals surface area contributed by atoms with Crippen LogP contribution in [0, 0.1) is 6.92 Å². The fourth-order valence-corrected chi connectivity index (χ4v) is 3.10. The first-order valence-corrected chi connectivity index (χ1v) is 7.92. The number of benzene rings is 2. The minimum Gasteiger partial charge on any atom is -0.279 e. The van der Waals surface area contributed by atoms with Crippen LogP contribution in [-0.2, 0) is 16.2 Å². The summed E-state index contributed by atoms with van der Waals surface area (Å²) < 4.78 is 64.7. The van der Waals surface area contributed by atoms with Gasteiger partial charge in [0.1, 0.15) is 0 Å². The van der Waals surface area contributed by atoms with Crippen molar-refractivity contribution in [3.8, 4) is 0 Å². The second-order valence-electron chi connectivity index (χ2n) is 4.54. The second kappa shape index (κ2) is 5.81. The molecule has 2 rings (SSSR count). The summed E-state index contributed by atoms with van der Waals surface area (Å²) in [5.41, 5.74) is -0.331. The van der Waals surface area contributed by atoms with Crippen molar-refractivity contribution in [2.45, 2.75) is 18.0 Å². The number of hydrogen-bond acceptors (Lipinski definition) is 2. The largest absolute Gasteiger partial charge is 0.416 e. The lowest BCUT2D eigenvalue weighted by Gasteiger charge is -2.13. The molecule has 0 radical (unpaired) electrons. The molecule has 0 bridgehead atoms. The average molecular weight is 350 g/mol. The predicted octanol–water partition coefficient (Wildman–Crippen LogP) is 4.47. The normalized spacial score (nSPS) is 12.2. The zero-order valence-corrected chi connectivity index (χ0v) is 12.9. The molecule has 0 fully saturated rings. The van der Waals surface area contributed by atoms with Crippen molar-refractivity contribution >= 4 is 27.3 Å². The molecule has 8 heteroatoms. The zero-order valence-electron chi connectivity index (χ0n) is 11.3. The Morgan fingerprint density at radius 3 is 2.36 bits per heavy atom. The standard InChI is InChI=1S/C14H11ClF3NO2S/c1-9-12(15)6-3-7-13(9)19-22(20,21)11-5-2-4-10(8-11)14(16,17)18/h2-8,19H,1H3. The van der Waals surface area contributed by atoms with Gasteiger partial charge in [0.05, 0.1) is 16.1 Å². The van der Waals surface area contributed by atoms with Crippen molar-refractivity contribution in [3.63, 3.8) is 0 Å². The molecule has 2 aromatic rings. The third kappa shape index (κ3) is 3.53. The second-order valence-corrected chi connectivity index (χ2v) is 6.63. The molecule has 0 atom stereocenters. The molecule has 0 spiro atoms. The molecule has 0 saturated heterocycles. The summed E-state index contributed by atoms with van der Waals surface area (Å²) in [5, 5.41) is 0.351. The van der Waals surface area contributed by atoms with E-state index in [-0.39, 0.29) is 5.69 Å². The Kier molecular flexibility index (Phi) is 4.39. The van der Waals surface area contributed by atoms with Gasteiger partial charge in [-0.25, -0.2) is 8.42 Å². The highest BCUT2D eigenvalue weighted by molar-refractivity contribution is 7.92. The van der Waals surface area contributed by atoms with E-state index in [2.05, 4.69) is 4.72 Å². The van der Waals surface area contributed by atoms with Crippen LogP contribution in [0.2, 0.25) is 5.02 Å². The summed E-state index contributed by atoms with van der Waals surface area (Å²) in [5.74, 6) is 0. The van der Waals surface area contributed by atoms with Crippen LogP contribution in [0.5, 0.6) is 0 Å². The van der Waals surface area contributed by atoms with E-state index in [0.717, 1.165) is 18.2 Å². The molecule has 1 N–H and O–H groups in total. The van der Waals surface area contributed by atoms with Crippen molar-refractivity contribution in [2.75, 3.05) is 4.72 Å². The van der Waals surface area contributed by atoms with Gasteiger partial charge in [-0.15, -0.1) is 0 Å². The quantitative estimate of drug-likeness (QED) is 0.888. The lowest BCUT2D eigenvalue weighted by Crippen LogP contribution is -2.15. The van der Waals surface area contributed by atoms with Crippen LogP contribution in [0.4, 0.5) is 18.9 Å². The Bertz CT molecular complexity index is 804. The first kappa shape index (κ1) is 16.6. The van der Waals surface area contributed by atoms with Gasteiger partial charge in [0, 0.05) is 5.02 Å². The maximum atomic E-state index is 12.7. The summed E-state index contributed by atoms with van der Waals surface area (Å²) in [6.45, 7) is 1.60. The molecule has 118 valence electrons. The average Bonchev–Trinajstić information content (AvgIpc) is 2.43. The molecule has 2 aromatic carbocycles. The third-order valence-electron chi connectivity index (χ3n) is 2.98. The Morgan fingerprint density at radius 1 is 1.09 bits per heavy atom. The summed E-state index contributed by atoms with van der Waals surface area (Å²) >= 11 is 5.89. The number of halogens is 4. The van der Waals surface area contributed by atoms with Crippen LogP contribution in [0.25, 0.3) is 0 Å². The minimum atomic E-state index is -4.61. The molecule has 0 saturated carbocycles. The molecule has 0 aliphatic heterocycles. The van der Waals surface area contributed by atoms with E-state index in [1.165, 1.54) is 6.07 Å². The fourth-order valence-electron chi connectivity index (χ4n) is 1.76. The Balaban J connectivity index is 2.41. The van der Waals surface area contributed by atoms with E-state index >= 15 is 0 Å². The molecule has 0 aromatic heterocycles. The molecule has 0 amide bonds. The first-order valence-electron chi connectivity index (χ1n) is 6.06. The number of rotatable bonds is 3. The zero-order chi connectivity index (χ0) is 16.5. The van der Waals surface area contributed by atoms with Crippen LogP contribution in [0.3, 0.4) is 0 Å². The topological polar surface area (TPSA) is 46.2 Å². The Morgan fingerprint density at radius 2 is 1.73 bits per heavy atom. The molecule has 0 unspecified atom stereocenters. The van der Waals surface area contributed by atoms with Crippen LogP contribution in [-0.4, -0.2) is 8.42 Å². The number of alkyl halides is 3. The van der Waals surface area contributed by atoms with Gasteiger partial charge in [-0.1, -0.05) is 23.7 Å². The maximum absolute atomic E-state index is 12.7. The van der Waals surface area contributed by atoms with Crippen LogP contribution in [0.15, 0.2) is 47.4 Å². The lowest BCUT2D eigenvalue weighted by atomic mass is 10.2. The highest BCUT2D eigenvalue weighted by Crippen LogP contribution is 2.31.